The van der Waals surface area contributed by atoms with E-state index in [1.54, 1.807) is 37.8 Å². The molecule has 0 aliphatic rings. The number of nitrogens with zero attached hydrogens (tertiary/aromatic N) is 2. The standard InChI is InChI=1S/C8H14N2O2/c1-8(2,12)7(11)6-4-5-10(3)9-6/h4-5,7,11-12H,1-3H3. The molecule has 4 heteroatoms. The van der Waals surface area contributed by atoms with Crippen molar-refractivity contribution in [3.05, 3.63) is 18.0 Å². The molecule has 0 saturated heterocycles. The lowest BCUT2D eigenvalue weighted by atomic mass is 10.00. The molecule has 1 rings (SSSR count). The minimum absolute atomic E-state index is 0.491. The number of aliphatic hydroxyl groups is 2. The predicted octanol–water partition coefficient (Wildman–Crippen LogP) is 0.224. The minimum Gasteiger partial charge on any atom is -0.387 e. The fourth-order valence-electron chi connectivity index (χ4n) is 0.941. The maximum atomic E-state index is 9.54. The molecular weight excluding hydrogens is 156 g/mol. The van der Waals surface area contributed by atoms with Gasteiger partial charge in [0.1, 0.15) is 6.10 Å². The zero-order valence-corrected chi connectivity index (χ0v) is 7.52. The minimum atomic E-state index is -1.14. The molecule has 0 aliphatic carbocycles. The topological polar surface area (TPSA) is 58.3 Å². The molecule has 0 bridgehead atoms. The van der Waals surface area contributed by atoms with E-state index in [9.17, 15) is 10.2 Å². The van der Waals surface area contributed by atoms with Crippen molar-refractivity contribution in [2.75, 3.05) is 0 Å². The number of aryl methyl sites for hydroxylation is 1. The van der Waals surface area contributed by atoms with Crippen LogP contribution in [0.1, 0.15) is 25.6 Å². The van der Waals surface area contributed by atoms with Gasteiger partial charge in [0, 0.05) is 13.2 Å². The molecule has 4 nitrogen and oxygen atoms in total. The van der Waals surface area contributed by atoms with E-state index in [0.29, 0.717) is 5.69 Å². The lowest BCUT2D eigenvalue weighted by Crippen LogP contribution is -2.28. The highest BCUT2D eigenvalue weighted by Crippen LogP contribution is 2.22. The second kappa shape index (κ2) is 2.88. The van der Waals surface area contributed by atoms with Crippen LogP contribution in [0.2, 0.25) is 0 Å². The lowest BCUT2D eigenvalue weighted by Gasteiger charge is -2.22. The molecule has 68 valence electrons. The molecule has 0 spiro atoms. The highest BCUT2D eigenvalue weighted by atomic mass is 16.3. The molecule has 1 unspecified atom stereocenters. The van der Waals surface area contributed by atoms with Gasteiger partial charge in [0.25, 0.3) is 0 Å². The zero-order chi connectivity index (χ0) is 9.35. The third kappa shape index (κ3) is 1.84. The van der Waals surface area contributed by atoms with Crippen molar-refractivity contribution >= 4 is 0 Å². The van der Waals surface area contributed by atoms with Gasteiger partial charge >= 0.3 is 0 Å². The summed E-state index contributed by atoms with van der Waals surface area (Å²) in [5.41, 5.74) is -0.654. The quantitative estimate of drug-likeness (QED) is 0.667. The molecule has 0 saturated carbocycles. The van der Waals surface area contributed by atoms with Gasteiger partial charge in [-0.2, -0.15) is 5.10 Å². The van der Waals surface area contributed by atoms with Crippen molar-refractivity contribution in [2.45, 2.75) is 25.6 Å². The summed E-state index contributed by atoms with van der Waals surface area (Å²) in [6, 6.07) is 1.68. The summed E-state index contributed by atoms with van der Waals surface area (Å²) in [6.45, 7) is 3.10. The number of hydrogen-bond donors (Lipinski definition) is 2. The van der Waals surface area contributed by atoms with Gasteiger partial charge in [0.2, 0.25) is 0 Å². The molecule has 0 amide bonds. The summed E-state index contributed by atoms with van der Waals surface area (Å²) < 4.78 is 1.59. The number of rotatable bonds is 2. The van der Waals surface area contributed by atoms with Crippen LogP contribution >= 0.6 is 0 Å². The van der Waals surface area contributed by atoms with Crippen LogP contribution in [-0.2, 0) is 7.05 Å². The summed E-state index contributed by atoms with van der Waals surface area (Å²) in [5, 5.41) is 23.0. The molecule has 12 heavy (non-hydrogen) atoms. The monoisotopic (exact) mass is 170 g/mol. The molecule has 0 aromatic carbocycles. The van der Waals surface area contributed by atoms with E-state index in [4.69, 9.17) is 0 Å². The van der Waals surface area contributed by atoms with Gasteiger partial charge in [-0.15, -0.1) is 0 Å². The van der Waals surface area contributed by atoms with Crippen LogP contribution < -0.4 is 0 Å². The van der Waals surface area contributed by atoms with E-state index >= 15 is 0 Å². The van der Waals surface area contributed by atoms with Crippen molar-refractivity contribution in [1.82, 2.24) is 9.78 Å². The van der Waals surface area contributed by atoms with Crippen LogP contribution in [0.25, 0.3) is 0 Å². The van der Waals surface area contributed by atoms with E-state index in [1.807, 2.05) is 0 Å². The molecular formula is C8H14N2O2. The fourth-order valence-corrected chi connectivity index (χ4v) is 0.941. The van der Waals surface area contributed by atoms with E-state index in [-0.39, 0.29) is 0 Å². The van der Waals surface area contributed by atoms with Crippen molar-refractivity contribution in [3.8, 4) is 0 Å². The molecule has 0 fully saturated rings. The SMILES string of the molecule is Cn1ccc(C(O)C(C)(C)O)n1. The first-order valence-corrected chi connectivity index (χ1v) is 3.81. The Morgan fingerprint density at radius 3 is 2.50 bits per heavy atom. The summed E-state index contributed by atoms with van der Waals surface area (Å²) in [7, 11) is 1.76. The molecule has 0 radical (unpaired) electrons. The molecule has 0 aliphatic heterocycles. The van der Waals surface area contributed by atoms with Crippen molar-refractivity contribution in [2.24, 2.45) is 7.05 Å². The molecule has 1 atom stereocenters. The Morgan fingerprint density at radius 1 is 1.58 bits per heavy atom. The van der Waals surface area contributed by atoms with Gasteiger partial charge in [-0.25, -0.2) is 0 Å². The predicted molar refractivity (Wildman–Crippen MR) is 44.5 cm³/mol. The summed E-state index contributed by atoms with van der Waals surface area (Å²) >= 11 is 0. The maximum absolute atomic E-state index is 9.54. The smallest absolute Gasteiger partial charge is 0.126 e. The van der Waals surface area contributed by atoms with Crippen molar-refractivity contribution in [1.29, 1.82) is 0 Å². The van der Waals surface area contributed by atoms with Crippen LogP contribution in [0.15, 0.2) is 12.3 Å². The average Bonchev–Trinajstić information content (AvgIpc) is 2.32. The fraction of sp³-hybridized carbons (Fsp3) is 0.625. The molecule has 2 N–H and O–H groups in total. The Bertz CT molecular complexity index is 262. The van der Waals surface area contributed by atoms with Crippen molar-refractivity contribution in [3.63, 3.8) is 0 Å². The van der Waals surface area contributed by atoms with Gasteiger partial charge in [-0.3, -0.25) is 4.68 Å². The molecule has 1 heterocycles. The Morgan fingerprint density at radius 2 is 2.17 bits per heavy atom. The summed E-state index contributed by atoms with van der Waals surface area (Å²) in [6.07, 6.45) is 0.795. The first-order chi connectivity index (χ1) is 5.41. The van der Waals surface area contributed by atoms with Gasteiger partial charge in [-0.05, 0) is 19.9 Å². The van der Waals surface area contributed by atoms with Crippen LogP contribution in [0.3, 0.4) is 0 Å². The first kappa shape index (κ1) is 9.22. The molecule has 1 aromatic heterocycles. The van der Waals surface area contributed by atoms with E-state index in [0.717, 1.165) is 0 Å². The van der Waals surface area contributed by atoms with Gasteiger partial charge in [0.15, 0.2) is 0 Å². The Labute approximate surface area is 71.5 Å². The second-order valence-corrected chi connectivity index (χ2v) is 3.47. The zero-order valence-electron chi connectivity index (χ0n) is 7.52. The summed E-state index contributed by atoms with van der Waals surface area (Å²) in [4.78, 5) is 0. The van der Waals surface area contributed by atoms with Crippen LogP contribution in [0, 0.1) is 0 Å². The first-order valence-electron chi connectivity index (χ1n) is 3.81. The van der Waals surface area contributed by atoms with Crippen LogP contribution in [0.4, 0.5) is 0 Å². The van der Waals surface area contributed by atoms with E-state index in [2.05, 4.69) is 5.10 Å². The molecule has 1 aromatic rings. The highest BCUT2D eigenvalue weighted by molar-refractivity contribution is 5.06. The normalized spacial score (nSPS) is 14.8. The largest absolute Gasteiger partial charge is 0.387 e. The number of aromatic nitrogens is 2. The third-order valence-corrected chi connectivity index (χ3v) is 1.68. The lowest BCUT2D eigenvalue weighted by molar-refractivity contribution is -0.0519. The Balaban J connectivity index is 2.85. The van der Waals surface area contributed by atoms with Gasteiger partial charge < -0.3 is 10.2 Å². The van der Waals surface area contributed by atoms with E-state index < -0.39 is 11.7 Å². The van der Waals surface area contributed by atoms with Crippen LogP contribution in [-0.4, -0.2) is 25.6 Å². The van der Waals surface area contributed by atoms with E-state index in [1.165, 1.54) is 0 Å². The Hall–Kier alpha value is -0.870. The van der Waals surface area contributed by atoms with Gasteiger partial charge in [-0.1, -0.05) is 0 Å². The number of hydrogen-bond acceptors (Lipinski definition) is 3. The summed E-state index contributed by atoms with van der Waals surface area (Å²) in [5.74, 6) is 0. The average molecular weight is 170 g/mol. The number of aliphatic hydroxyl groups excluding tert-OH is 1. The Kier molecular flexibility index (Phi) is 2.21. The maximum Gasteiger partial charge on any atom is 0.126 e. The second-order valence-electron chi connectivity index (χ2n) is 3.47. The van der Waals surface area contributed by atoms with Crippen LogP contribution in [0.5, 0.6) is 0 Å². The third-order valence-electron chi connectivity index (χ3n) is 1.68. The highest BCUT2D eigenvalue weighted by Gasteiger charge is 2.27. The van der Waals surface area contributed by atoms with Crippen molar-refractivity contribution < 1.29 is 10.2 Å². The van der Waals surface area contributed by atoms with Gasteiger partial charge in [0.05, 0.1) is 11.3 Å².